The molecule has 0 spiro atoms. The van der Waals surface area contributed by atoms with Crippen LogP contribution in [0, 0.1) is 0 Å². The molecule has 9 heteroatoms. The predicted octanol–water partition coefficient (Wildman–Crippen LogP) is 1.70. The maximum absolute atomic E-state index is 12.4. The molecule has 0 unspecified atom stereocenters. The Hall–Kier alpha value is -2.09. The average Bonchev–Trinajstić information content (AvgIpc) is 2.73. The van der Waals surface area contributed by atoms with Crippen LogP contribution in [0.4, 0.5) is 8.78 Å². The SMILES string of the molecule is COc1c(-c2nn(C)c(OC(F)F)c2Cl)ccc[n+]1OC. The van der Waals surface area contributed by atoms with E-state index in [4.69, 9.17) is 21.2 Å². The first-order valence-corrected chi connectivity index (χ1v) is 6.18. The van der Waals surface area contributed by atoms with Crippen molar-refractivity contribution in [3.63, 3.8) is 0 Å². The van der Waals surface area contributed by atoms with E-state index >= 15 is 0 Å². The van der Waals surface area contributed by atoms with Gasteiger partial charge in [0, 0.05) is 17.8 Å². The van der Waals surface area contributed by atoms with E-state index < -0.39 is 6.61 Å². The molecule has 0 aliphatic heterocycles. The third-order valence-electron chi connectivity index (χ3n) is 2.70. The van der Waals surface area contributed by atoms with E-state index in [2.05, 4.69) is 9.84 Å². The van der Waals surface area contributed by atoms with Crippen molar-refractivity contribution in [3.05, 3.63) is 23.4 Å². The van der Waals surface area contributed by atoms with Gasteiger partial charge in [-0.3, -0.25) is 4.84 Å². The number of aromatic nitrogens is 3. The van der Waals surface area contributed by atoms with Crippen LogP contribution in [0.3, 0.4) is 0 Å². The highest BCUT2D eigenvalue weighted by Gasteiger charge is 2.27. The van der Waals surface area contributed by atoms with Gasteiger partial charge in [-0.1, -0.05) is 11.6 Å². The van der Waals surface area contributed by atoms with E-state index in [0.29, 0.717) is 11.4 Å². The van der Waals surface area contributed by atoms with Crippen molar-refractivity contribution in [2.75, 3.05) is 14.2 Å². The van der Waals surface area contributed by atoms with E-state index in [1.54, 1.807) is 18.3 Å². The molecule has 0 N–H and O–H groups in total. The van der Waals surface area contributed by atoms with E-state index in [0.717, 1.165) is 4.68 Å². The van der Waals surface area contributed by atoms with Gasteiger partial charge < -0.3 is 9.47 Å². The molecule has 2 aromatic heterocycles. The van der Waals surface area contributed by atoms with Crippen LogP contribution in [0.25, 0.3) is 11.3 Å². The van der Waals surface area contributed by atoms with Gasteiger partial charge in [-0.15, -0.1) is 0 Å². The summed E-state index contributed by atoms with van der Waals surface area (Å²) in [5, 5.41) is 4.06. The highest BCUT2D eigenvalue weighted by atomic mass is 35.5. The first-order valence-electron chi connectivity index (χ1n) is 5.80. The summed E-state index contributed by atoms with van der Waals surface area (Å²) in [6.45, 7) is -2.99. The number of aryl methyl sites for hydroxylation is 1. The van der Waals surface area contributed by atoms with Gasteiger partial charge in [-0.25, -0.2) is 4.68 Å². The molecule has 0 bridgehead atoms. The molecule has 0 aliphatic carbocycles. The summed E-state index contributed by atoms with van der Waals surface area (Å²) in [5.41, 5.74) is 0.727. The van der Waals surface area contributed by atoms with E-state index in [9.17, 15) is 8.78 Å². The van der Waals surface area contributed by atoms with Crippen molar-refractivity contribution in [1.82, 2.24) is 9.78 Å². The Balaban J connectivity index is 2.58. The van der Waals surface area contributed by atoms with Crippen LogP contribution in [0.2, 0.25) is 5.02 Å². The van der Waals surface area contributed by atoms with Gasteiger partial charge in [0.2, 0.25) is 12.1 Å². The quantitative estimate of drug-likeness (QED) is 0.787. The molecular weight excluding hydrogens is 308 g/mol. The second-order valence-corrected chi connectivity index (χ2v) is 4.29. The lowest BCUT2D eigenvalue weighted by Crippen LogP contribution is -2.41. The lowest BCUT2D eigenvalue weighted by molar-refractivity contribution is -0.886. The van der Waals surface area contributed by atoms with Crippen molar-refractivity contribution >= 4 is 11.6 Å². The van der Waals surface area contributed by atoms with Gasteiger partial charge in [0.1, 0.15) is 23.4 Å². The number of methoxy groups -OCH3 is 1. The zero-order valence-electron chi connectivity index (χ0n) is 11.5. The minimum atomic E-state index is -2.99. The first kappa shape index (κ1) is 15.3. The standard InChI is InChI=1S/C12H13ClF2N3O3/c1-17-11(21-12(14)15)8(13)9(16-17)7-5-4-6-18(20-3)10(7)19-2/h4-6,12H,1-3H3/q+1. The van der Waals surface area contributed by atoms with Crippen molar-refractivity contribution in [2.45, 2.75) is 6.61 Å². The second-order valence-electron chi connectivity index (χ2n) is 3.91. The lowest BCUT2D eigenvalue weighted by Gasteiger charge is -2.04. The second kappa shape index (κ2) is 6.13. The van der Waals surface area contributed by atoms with Gasteiger partial charge in [-0.2, -0.15) is 13.9 Å². The smallest absolute Gasteiger partial charge is 0.426 e. The number of halogens is 3. The number of nitrogens with zero attached hydrogens (tertiary/aromatic N) is 3. The Morgan fingerprint density at radius 1 is 1.38 bits per heavy atom. The zero-order valence-corrected chi connectivity index (χ0v) is 12.3. The normalized spacial score (nSPS) is 10.8. The number of ether oxygens (including phenoxy) is 2. The maximum atomic E-state index is 12.4. The number of rotatable bonds is 5. The number of hydrogen-bond acceptors (Lipinski definition) is 4. The summed E-state index contributed by atoms with van der Waals surface area (Å²) in [4.78, 5) is 5.10. The molecule has 0 aromatic carbocycles. The van der Waals surface area contributed by atoms with E-state index in [1.165, 1.54) is 26.0 Å². The topological polar surface area (TPSA) is 49.4 Å². The summed E-state index contributed by atoms with van der Waals surface area (Å²) < 4.78 is 36.9. The van der Waals surface area contributed by atoms with Crippen molar-refractivity contribution in [1.29, 1.82) is 0 Å². The predicted molar refractivity (Wildman–Crippen MR) is 69.5 cm³/mol. The van der Waals surface area contributed by atoms with Crippen molar-refractivity contribution in [3.8, 4) is 23.0 Å². The van der Waals surface area contributed by atoms with Crippen molar-refractivity contribution < 1.29 is 27.8 Å². The lowest BCUT2D eigenvalue weighted by atomic mass is 10.2. The maximum Gasteiger partial charge on any atom is 0.426 e. The van der Waals surface area contributed by atoms with Gasteiger partial charge in [0.25, 0.3) is 0 Å². The van der Waals surface area contributed by atoms with Gasteiger partial charge >= 0.3 is 12.5 Å². The van der Waals surface area contributed by atoms with Crippen LogP contribution in [0.15, 0.2) is 18.3 Å². The molecule has 114 valence electrons. The summed E-state index contributed by atoms with van der Waals surface area (Å²) >= 11 is 6.09. The van der Waals surface area contributed by atoms with Gasteiger partial charge in [-0.05, 0) is 6.07 Å². The molecule has 21 heavy (non-hydrogen) atoms. The molecule has 2 rings (SSSR count). The molecule has 0 amide bonds. The zero-order chi connectivity index (χ0) is 15.6. The highest BCUT2D eigenvalue weighted by molar-refractivity contribution is 6.34. The molecule has 0 aliphatic rings. The molecule has 0 atom stereocenters. The summed E-state index contributed by atoms with van der Waals surface area (Å²) in [5.74, 6) is 0.0973. The number of pyridine rings is 1. The highest BCUT2D eigenvalue weighted by Crippen LogP contribution is 2.37. The van der Waals surface area contributed by atoms with Crippen molar-refractivity contribution in [2.24, 2.45) is 7.05 Å². The van der Waals surface area contributed by atoms with Crippen LogP contribution >= 0.6 is 11.6 Å². The monoisotopic (exact) mass is 320 g/mol. The minimum absolute atomic E-state index is 0.0371. The van der Waals surface area contributed by atoms with Crippen LogP contribution < -0.4 is 19.0 Å². The summed E-state index contributed by atoms with van der Waals surface area (Å²) in [7, 11) is 4.35. The van der Waals surface area contributed by atoms with Gasteiger partial charge in [0.05, 0.1) is 7.11 Å². The van der Waals surface area contributed by atoms with E-state index in [1.807, 2.05) is 0 Å². The van der Waals surface area contributed by atoms with Crippen LogP contribution in [-0.4, -0.2) is 30.6 Å². The third kappa shape index (κ3) is 2.85. The Kier molecular flexibility index (Phi) is 4.46. The van der Waals surface area contributed by atoms with Crippen LogP contribution in [0.5, 0.6) is 11.8 Å². The Bertz CT molecular complexity index is 649. The Labute approximate surface area is 124 Å². The summed E-state index contributed by atoms with van der Waals surface area (Å²) in [6.07, 6.45) is 1.62. The fraction of sp³-hybridized carbons (Fsp3) is 0.333. The molecule has 0 fully saturated rings. The van der Waals surface area contributed by atoms with Crippen LogP contribution in [0.1, 0.15) is 0 Å². The minimum Gasteiger partial charge on any atom is -0.444 e. The molecule has 6 nitrogen and oxygen atoms in total. The Morgan fingerprint density at radius 3 is 2.67 bits per heavy atom. The largest absolute Gasteiger partial charge is 0.444 e. The van der Waals surface area contributed by atoms with Crippen LogP contribution in [-0.2, 0) is 7.05 Å². The van der Waals surface area contributed by atoms with Gasteiger partial charge in [0.15, 0.2) is 0 Å². The van der Waals surface area contributed by atoms with E-state index in [-0.39, 0.29) is 16.6 Å². The summed E-state index contributed by atoms with van der Waals surface area (Å²) in [6, 6.07) is 3.36. The molecular formula is C12H13ClF2N3O3+. The average molecular weight is 321 g/mol. The fourth-order valence-corrected chi connectivity index (χ4v) is 2.17. The number of hydrogen-bond donors (Lipinski definition) is 0. The molecule has 0 saturated heterocycles. The fourth-order valence-electron chi connectivity index (χ4n) is 1.87. The third-order valence-corrected chi connectivity index (χ3v) is 3.04. The molecule has 2 aromatic rings. The Morgan fingerprint density at radius 2 is 2.10 bits per heavy atom. The molecule has 2 heterocycles. The molecule has 0 saturated carbocycles. The molecule has 0 radical (unpaired) electrons. The number of alkyl halides is 2. The first-order chi connectivity index (χ1) is 9.99.